The fraction of sp³-hybridized carbons (Fsp3) is 0.300. The van der Waals surface area contributed by atoms with Crippen molar-refractivity contribution in [1.29, 1.82) is 0 Å². The van der Waals surface area contributed by atoms with Gasteiger partial charge in [0.05, 0.1) is 27.8 Å². The summed E-state index contributed by atoms with van der Waals surface area (Å²) in [5, 5.41) is 11.1. The number of halogens is 5. The van der Waals surface area contributed by atoms with Crippen LogP contribution >= 0.6 is 23.2 Å². The number of rotatable bonds is 4. The van der Waals surface area contributed by atoms with Crippen LogP contribution in [0.4, 0.5) is 24.5 Å². The molecule has 10 heteroatoms. The van der Waals surface area contributed by atoms with Crippen molar-refractivity contribution < 1.29 is 27.9 Å². The van der Waals surface area contributed by atoms with E-state index in [0.717, 1.165) is 30.0 Å². The SMILES string of the molecule is O=C(Cc1ccc(Cl)c(Cl)c1)Nc1ccccc1N1CCCC1.O=C(O)C(F)(F)F. The number of aliphatic carboxylic acids is 1. The zero-order valence-corrected chi connectivity index (χ0v) is 17.2. The molecule has 1 heterocycles. The van der Waals surface area contributed by atoms with Crippen molar-refractivity contribution in [2.24, 2.45) is 0 Å². The summed E-state index contributed by atoms with van der Waals surface area (Å²) >= 11 is 11.9. The molecule has 0 saturated carbocycles. The molecule has 5 nitrogen and oxygen atoms in total. The van der Waals surface area contributed by atoms with Crippen LogP contribution in [0.5, 0.6) is 0 Å². The fourth-order valence-electron chi connectivity index (χ4n) is 2.84. The number of hydrogen-bond donors (Lipinski definition) is 2. The molecule has 0 bridgehead atoms. The van der Waals surface area contributed by atoms with Crippen molar-refractivity contribution >= 4 is 46.5 Å². The van der Waals surface area contributed by atoms with Crippen LogP contribution in [-0.4, -0.2) is 36.2 Å². The summed E-state index contributed by atoms with van der Waals surface area (Å²) in [6.07, 6.45) is -2.41. The van der Waals surface area contributed by atoms with Crippen molar-refractivity contribution in [2.75, 3.05) is 23.3 Å². The van der Waals surface area contributed by atoms with E-state index in [2.05, 4.69) is 16.3 Å². The maximum atomic E-state index is 12.3. The minimum atomic E-state index is -5.08. The van der Waals surface area contributed by atoms with Gasteiger partial charge in [-0.25, -0.2) is 4.79 Å². The topological polar surface area (TPSA) is 69.6 Å². The van der Waals surface area contributed by atoms with E-state index in [9.17, 15) is 18.0 Å². The molecular formula is C20H19Cl2F3N2O3. The third-order valence-corrected chi connectivity index (χ3v) is 4.96. The second kappa shape index (κ2) is 10.5. The van der Waals surface area contributed by atoms with Crippen LogP contribution in [0, 0.1) is 0 Å². The number of para-hydroxylation sites is 2. The lowest BCUT2D eigenvalue weighted by molar-refractivity contribution is -0.192. The summed E-state index contributed by atoms with van der Waals surface area (Å²) in [5.74, 6) is -2.82. The second-order valence-corrected chi connectivity index (χ2v) is 7.30. The van der Waals surface area contributed by atoms with E-state index in [1.54, 1.807) is 12.1 Å². The third-order valence-electron chi connectivity index (χ3n) is 4.22. The molecule has 162 valence electrons. The third kappa shape index (κ3) is 7.11. The van der Waals surface area contributed by atoms with Crippen LogP contribution in [-0.2, 0) is 16.0 Å². The molecule has 30 heavy (non-hydrogen) atoms. The largest absolute Gasteiger partial charge is 0.490 e. The fourth-order valence-corrected chi connectivity index (χ4v) is 3.16. The Morgan fingerprint density at radius 2 is 1.63 bits per heavy atom. The number of nitrogens with zero attached hydrogens (tertiary/aromatic N) is 1. The highest BCUT2D eigenvalue weighted by molar-refractivity contribution is 6.42. The van der Waals surface area contributed by atoms with Crippen LogP contribution in [0.3, 0.4) is 0 Å². The van der Waals surface area contributed by atoms with Gasteiger partial charge in [0, 0.05) is 13.1 Å². The molecule has 2 aromatic carbocycles. The van der Waals surface area contributed by atoms with Crippen molar-refractivity contribution in [3.63, 3.8) is 0 Å². The number of hydrogen-bond acceptors (Lipinski definition) is 3. The minimum absolute atomic E-state index is 0.0602. The van der Waals surface area contributed by atoms with Crippen LogP contribution in [0.25, 0.3) is 0 Å². The first-order valence-electron chi connectivity index (χ1n) is 8.96. The summed E-state index contributed by atoms with van der Waals surface area (Å²) < 4.78 is 31.7. The van der Waals surface area contributed by atoms with Crippen LogP contribution in [0.15, 0.2) is 42.5 Å². The maximum Gasteiger partial charge on any atom is 0.490 e. The number of carbonyl (C=O) groups is 2. The summed E-state index contributed by atoms with van der Waals surface area (Å²) in [6, 6.07) is 13.2. The van der Waals surface area contributed by atoms with E-state index in [1.807, 2.05) is 24.3 Å². The minimum Gasteiger partial charge on any atom is -0.475 e. The molecule has 0 unspecified atom stereocenters. The standard InChI is InChI=1S/C18H18Cl2N2O.C2HF3O2/c19-14-8-7-13(11-15(14)20)12-18(23)21-16-5-1-2-6-17(16)22-9-3-4-10-22;3-2(4,5)1(6)7/h1-2,5-8,11H,3-4,9-10,12H2,(H,21,23);(H,6,7). The quantitative estimate of drug-likeness (QED) is 0.637. The summed E-state index contributed by atoms with van der Waals surface area (Å²) in [7, 11) is 0. The Labute approximate surface area is 181 Å². The van der Waals surface area contributed by atoms with Gasteiger partial charge >= 0.3 is 12.1 Å². The maximum absolute atomic E-state index is 12.3. The lowest BCUT2D eigenvalue weighted by atomic mass is 10.1. The van der Waals surface area contributed by atoms with Gasteiger partial charge in [-0.05, 0) is 42.7 Å². The number of alkyl halides is 3. The number of carboxylic acids is 1. The number of carbonyl (C=O) groups excluding carboxylic acids is 1. The monoisotopic (exact) mass is 462 g/mol. The average Bonchev–Trinajstić information content (AvgIpc) is 3.19. The highest BCUT2D eigenvalue weighted by Crippen LogP contribution is 2.29. The van der Waals surface area contributed by atoms with Crippen molar-refractivity contribution in [2.45, 2.75) is 25.4 Å². The molecule has 1 amide bonds. The Balaban J connectivity index is 0.000000396. The van der Waals surface area contributed by atoms with E-state index < -0.39 is 12.1 Å². The molecule has 0 aliphatic carbocycles. The molecule has 2 N–H and O–H groups in total. The van der Waals surface area contributed by atoms with E-state index >= 15 is 0 Å². The Kier molecular flexibility index (Phi) is 8.37. The summed E-state index contributed by atoms with van der Waals surface area (Å²) in [5.41, 5.74) is 2.79. The lowest BCUT2D eigenvalue weighted by Gasteiger charge is -2.21. The number of nitrogens with one attached hydrogen (secondary N) is 1. The van der Waals surface area contributed by atoms with Crippen molar-refractivity contribution in [3.8, 4) is 0 Å². The highest BCUT2D eigenvalue weighted by Gasteiger charge is 2.38. The Hall–Kier alpha value is -2.45. The average molecular weight is 463 g/mol. The number of amides is 1. The van der Waals surface area contributed by atoms with Crippen LogP contribution in [0.2, 0.25) is 10.0 Å². The normalized spacial score (nSPS) is 13.4. The van der Waals surface area contributed by atoms with Crippen molar-refractivity contribution in [1.82, 2.24) is 0 Å². The van der Waals surface area contributed by atoms with E-state index in [0.29, 0.717) is 10.0 Å². The molecule has 1 fully saturated rings. The molecular weight excluding hydrogens is 444 g/mol. The zero-order chi connectivity index (χ0) is 22.3. The predicted molar refractivity (Wildman–Crippen MR) is 110 cm³/mol. The molecule has 0 spiro atoms. The first kappa shape index (κ1) is 23.8. The van der Waals surface area contributed by atoms with E-state index in [1.165, 1.54) is 12.8 Å². The molecule has 2 aromatic rings. The van der Waals surface area contributed by atoms with Gasteiger partial charge < -0.3 is 15.3 Å². The highest BCUT2D eigenvalue weighted by atomic mass is 35.5. The zero-order valence-electron chi connectivity index (χ0n) is 15.7. The molecule has 1 aliphatic rings. The van der Waals surface area contributed by atoms with Gasteiger partial charge in [-0.3, -0.25) is 4.79 Å². The number of benzene rings is 2. The molecule has 1 aliphatic heterocycles. The van der Waals surface area contributed by atoms with Gasteiger partial charge in [0.25, 0.3) is 0 Å². The second-order valence-electron chi connectivity index (χ2n) is 6.49. The lowest BCUT2D eigenvalue weighted by Crippen LogP contribution is -2.21. The van der Waals surface area contributed by atoms with Gasteiger partial charge in [0.1, 0.15) is 0 Å². The van der Waals surface area contributed by atoms with Gasteiger partial charge in [-0.1, -0.05) is 41.4 Å². The predicted octanol–water partition coefficient (Wildman–Crippen LogP) is 5.41. The van der Waals surface area contributed by atoms with E-state index in [4.69, 9.17) is 33.1 Å². The summed E-state index contributed by atoms with van der Waals surface area (Å²) in [6.45, 7) is 2.08. The Bertz CT molecular complexity index is 901. The molecule has 0 aromatic heterocycles. The molecule has 3 rings (SSSR count). The Morgan fingerprint density at radius 3 is 2.20 bits per heavy atom. The number of carboxylic acid groups (broad SMARTS) is 1. The van der Waals surface area contributed by atoms with Crippen LogP contribution in [0.1, 0.15) is 18.4 Å². The Morgan fingerprint density at radius 1 is 1.03 bits per heavy atom. The smallest absolute Gasteiger partial charge is 0.475 e. The van der Waals surface area contributed by atoms with Gasteiger partial charge in [0.2, 0.25) is 5.91 Å². The van der Waals surface area contributed by atoms with Crippen molar-refractivity contribution in [3.05, 3.63) is 58.1 Å². The van der Waals surface area contributed by atoms with Gasteiger partial charge in [-0.15, -0.1) is 0 Å². The van der Waals surface area contributed by atoms with Crippen LogP contribution < -0.4 is 10.2 Å². The molecule has 1 saturated heterocycles. The first-order valence-corrected chi connectivity index (χ1v) is 9.71. The molecule has 0 radical (unpaired) electrons. The van der Waals surface area contributed by atoms with E-state index in [-0.39, 0.29) is 12.3 Å². The molecule has 0 atom stereocenters. The first-order chi connectivity index (χ1) is 14.1. The number of anilines is 2. The van der Waals surface area contributed by atoms with Gasteiger partial charge in [0.15, 0.2) is 0 Å². The van der Waals surface area contributed by atoms with Gasteiger partial charge in [-0.2, -0.15) is 13.2 Å². The summed E-state index contributed by atoms with van der Waals surface area (Å²) in [4.78, 5) is 23.5.